The van der Waals surface area contributed by atoms with Gasteiger partial charge >= 0.3 is 0 Å². The first-order chi connectivity index (χ1) is 7.81. The van der Waals surface area contributed by atoms with Crippen LogP contribution >= 0.6 is 0 Å². The Morgan fingerprint density at radius 1 is 1.38 bits per heavy atom. The van der Waals surface area contributed by atoms with Crippen molar-refractivity contribution >= 4 is 0 Å². The van der Waals surface area contributed by atoms with Gasteiger partial charge in [0.15, 0.2) is 6.29 Å². The van der Waals surface area contributed by atoms with Crippen molar-refractivity contribution < 1.29 is 13.9 Å². The van der Waals surface area contributed by atoms with Crippen molar-refractivity contribution in [2.24, 2.45) is 5.84 Å². The molecule has 0 aliphatic carbocycles. The Morgan fingerprint density at radius 3 is 2.50 bits per heavy atom. The monoisotopic (exact) mass is 228 g/mol. The summed E-state index contributed by atoms with van der Waals surface area (Å²) < 4.78 is 16.0. The smallest absolute Gasteiger partial charge is 0.174 e. The first kappa shape index (κ1) is 13.2. The van der Waals surface area contributed by atoms with E-state index in [1.54, 1.807) is 12.5 Å². The van der Waals surface area contributed by atoms with Gasteiger partial charge < -0.3 is 13.9 Å². The van der Waals surface area contributed by atoms with E-state index in [2.05, 4.69) is 5.43 Å². The van der Waals surface area contributed by atoms with Crippen LogP contribution < -0.4 is 11.3 Å². The highest BCUT2D eigenvalue weighted by atomic mass is 16.7. The van der Waals surface area contributed by atoms with Gasteiger partial charge in [0.25, 0.3) is 0 Å². The maximum absolute atomic E-state index is 5.51. The zero-order chi connectivity index (χ0) is 11.8. The lowest BCUT2D eigenvalue weighted by Crippen LogP contribution is -2.47. The zero-order valence-corrected chi connectivity index (χ0v) is 9.81. The molecule has 0 aliphatic rings. The van der Waals surface area contributed by atoms with Gasteiger partial charge in [0.1, 0.15) is 0 Å². The van der Waals surface area contributed by atoms with Gasteiger partial charge in [0.05, 0.1) is 18.6 Å². The summed E-state index contributed by atoms with van der Waals surface area (Å²) in [5, 5.41) is 0. The molecule has 0 saturated carbocycles. The molecule has 0 amide bonds. The van der Waals surface area contributed by atoms with Crippen molar-refractivity contribution in [3.05, 3.63) is 24.2 Å². The van der Waals surface area contributed by atoms with E-state index < -0.39 is 0 Å². The lowest BCUT2D eigenvalue weighted by atomic mass is 10.1. The molecule has 16 heavy (non-hydrogen) atoms. The molecule has 0 spiro atoms. The van der Waals surface area contributed by atoms with Crippen LogP contribution in [0.2, 0.25) is 0 Å². The predicted molar refractivity (Wildman–Crippen MR) is 60.6 cm³/mol. The van der Waals surface area contributed by atoms with Crippen LogP contribution in [-0.4, -0.2) is 25.5 Å². The summed E-state index contributed by atoms with van der Waals surface area (Å²) in [4.78, 5) is 0. The molecule has 1 aromatic rings. The highest BCUT2D eigenvalue weighted by Crippen LogP contribution is 2.10. The molecule has 0 fully saturated rings. The highest BCUT2D eigenvalue weighted by Gasteiger charge is 2.21. The van der Waals surface area contributed by atoms with Gasteiger partial charge in [-0.25, -0.2) is 0 Å². The molecule has 0 aliphatic heterocycles. The van der Waals surface area contributed by atoms with E-state index in [9.17, 15) is 0 Å². The lowest BCUT2D eigenvalue weighted by molar-refractivity contribution is -0.153. The average Bonchev–Trinajstić information content (AvgIpc) is 2.78. The van der Waals surface area contributed by atoms with Gasteiger partial charge in [-0.3, -0.25) is 11.3 Å². The summed E-state index contributed by atoms with van der Waals surface area (Å²) in [7, 11) is 0. The average molecular weight is 228 g/mol. The lowest BCUT2D eigenvalue weighted by Gasteiger charge is -2.25. The van der Waals surface area contributed by atoms with E-state index in [1.807, 2.05) is 19.9 Å². The van der Waals surface area contributed by atoms with Crippen LogP contribution in [0.25, 0.3) is 0 Å². The van der Waals surface area contributed by atoms with E-state index >= 15 is 0 Å². The number of ether oxygens (including phenoxy) is 2. The Morgan fingerprint density at radius 2 is 2.06 bits per heavy atom. The first-order valence-electron chi connectivity index (χ1n) is 5.52. The summed E-state index contributed by atoms with van der Waals surface area (Å²) in [6, 6.07) is 1.82. The van der Waals surface area contributed by atoms with Gasteiger partial charge in [-0.15, -0.1) is 0 Å². The summed E-state index contributed by atoms with van der Waals surface area (Å²) >= 11 is 0. The van der Waals surface area contributed by atoms with Crippen molar-refractivity contribution in [2.75, 3.05) is 13.2 Å². The summed E-state index contributed by atoms with van der Waals surface area (Å²) in [6.45, 7) is 5.04. The van der Waals surface area contributed by atoms with Crippen LogP contribution in [0, 0.1) is 0 Å². The molecule has 1 unspecified atom stereocenters. The van der Waals surface area contributed by atoms with Gasteiger partial charge in [-0.2, -0.15) is 0 Å². The first-order valence-corrected chi connectivity index (χ1v) is 5.52. The van der Waals surface area contributed by atoms with E-state index in [4.69, 9.17) is 19.7 Å². The summed E-state index contributed by atoms with van der Waals surface area (Å²) in [6.07, 6.45) is 3.70. The van der Waals surface area contributed by atoms with E-state index in [0.29, 0.717) is 19.6 Å². The third-order valence-corrected chi connectivity index (χ3v) is 2.24. The number of nitrogens with two attached hydrogens (primary N) is 1. The van der Waals surface area contributed by atoms with Crippen LogP contribution in [0.1, 0.15) is 19.4 Å². The van der Waals surface area contributed by atoms with Crippen LogP contribution in [0.4, 0.5) is 0 Å². The number of nitrogens with one attached hydrogen (secondary N) is 1. The Balaban J connectivity index is 2.55. The SMILES string of the molecule is CCOC(OCC)C(Cc1ccoc1)NN. The number of hydrazine groups is 1. The summed E-state index contributed by atoms with van der Waals surface area (Å²) in [5.74, 6) is 5.51. The van der Waals surface area contributed by atoms with Crippen molar-refractivity contribution in [1.82, 2.24) is 5.43 Å². The number of furan rings is 1. The topological polar surface area (TPSA) is 69.7 Å². The van der Waals surface area contributed by atoms with Crippen molar-refractivity contribution in [3.63, 3.8) is 0 Å². The molecule has 0 radical (unpaired) electrons. The minimum Gasteiger partial charge on any atom is -0.472 e. The second-order valence-electron chi connectivity index (χ2n) is 3.39. The predicted octanol–water partition coefficient (Wildman–Crippen LogP) is 1.05. The molecule has 5 heteroatoms. The molecular formula is C11H20N2O3. The van der Waals surface area contributed by atoms with Crippen LogP contribution in [0.15, 0.2) is 23.0 Å². The van der Waals surface area contributed by atoms with Gasteiger partial charge in [0, 0.05) is 13.2 Å². The molecule has 92 valence electrons. The van der Waals surface area contributed by atoms with Gasteiger partial charge in [0.2, 0.25) is 0 Å². The fourth-order valence-corrected chi connectivity index (χ4v) is 1.51. The van der Waals surface area contributed by atoms with Gasteiger partial charge in [-0.1, -0.05) is 0 Å². The highest BCUT2D eigenvalue weighted by molar-refractivity contribution is 5.07. The Labute approximate surface area is 95.9 Å². The fourth-order valence-electron chi connectivity index (χ4n) is 1.51. The van der Waals surface area contributed by atoms with Gasteiger partial charge in [-0.05, 0) is 31.9 Å². The van der Waals surface area contributed by atoms with Crippen molar-refractivity contribution in [3.8, 4) is 0 Å². The Bertz CT molecular complexity index is 258. The third-order valence-electron chi connectivity index (χ3n) is 2.24. The summed E-state index contributed by atoms with van der Waals surface area (Å²) in [5.41, 5.74) is 3.78. The van der Waals surface area contributed by atoms with E-state index in [0.717, 1.165) is 5.56 Å². The minimum absolute atomic E-state index is 0.0856. The molecule has 1 atom stereocenters. The molecule has 5 nitrogen and oxygen atoms in total. The molecule has 0 bridgehead atoms. The quantitative estimate of drug-likeness (QED) is 0.395. The van der Waals surface area contributed by atoms with Crippen LogP contribution in [-0.2, 0) is 15.9 Å². The van der Waals surface area contributed by atoms with E-state index in [-0.39, 0.29) is 12.3 Å². The third kappa shape index (κ3) is 3.94. The second-order valence-corrected chi connectivity index (χ2v) is 3.39. The molecule has 0 saturated heterocycles. The van der Waals surface area contributed by atoms with Crippen molar-refractivity contribution in [2.45, 2.75) is 32.6 Å². The zero-order valence-electron chi connectivity index (χ0n) is 9.81. The number of hydrogen-bond donors (Lipinski definition) is 2. The molecule has 1 heterocycles. The van der Waals surface area contributed by atoms with Crippen LogP contribution in [0.3, 0.4) is 0 Å². The Hall–Kier alpha value is -0.880. The molecule has 3 N–H and O–H groups in total. The maximum Gasteiger partial charge on any atom is 0.174 e. The Kier molecular flexibility index (Phi) is 6.10. The molecule has 1 rings (SSSR count). The van der Waals surface area contributed by atoms with E-state index in [1.165, 1.54) is 0 Å². The minimum atomic E-state index is -0.338. The number of rotatable bonds is 8. The second kappa shape index (κ2) is 7.40. The normalized spacial score (nSPS) is 13.2. The van der Waals surface area contributed by atoms with Crippen LogP contribution in [0.5, 0.6) is 0 Å². The standard InChI is InChI=1S/C11H20N2O3/c1-3-15-11(16-4-2)10(13-12)7-9-5-6-14-8-9/h5-6,8,10-11,13H,3-4,7,12H2,1-2H3. The number of hydrogen-bond acceptors (Lipinski definition) is 5. The maximum atomic E-state index is 5.51. The largest absolute Gasteiger partial charge is 0.472 e. The fraction of sp³-hybridized carbons (Fsp3) is 0.636. The van der Waals surface area contributed by atoms with Crippen molar-refractivity contribution in [1.29, 1.82) is 0 Å². The molecular weight excluding hydrogens is 208 g/mol. The molecule has 0 aromatic carbocycles. The molecule has 1 aromatic heterocycles.